The van der Waals surface area contributed by atoms with Crippen molar-refractivity contribution < 1.29 is 0 Å². The summed E-state index contributed by atoms with van der Waals surface area (Å²) in [5.41, 5.74) is 11.6. The Labute approximate surface area is 162 Å². The van der Waals surface area contributed by atoms with Gasteiger partial charge in [-0.15, -0.1) is 0 Å². The number of hydrogen-bond acceptors (Lipinski definition) is 0. The molecule has 27 heavy (non-hydrogen) atoms. The Hall–Kier alpha value is -2.86. The third-order valence-electron chi connectivity index (χ3n) is 5.76. The maximum atomic E-state index is 4.32. The number of allylic oxidation sites excluding steroid dienone is 3. The van der Waals surface area contributed by atoms with Crippen LogP contribution in [0.4, 0.5) is 0 Å². The first-order valence-electron chi connectivity index (χ1n) is 9.61. The molecule has 0 atom stereocenters. The molecule has 0 fully saturated rings. The van der Waals surface area contributed by atoms with Crippen LogP contribution < -0.4 is 0 Å². The summed E-state index contributed by atoms with van der Waals surface area (Å²) in [7, 11) is 0. The van der Waals surface area contributed by atoms with Crippen molar-refractivity contribution in [1.82, 2.24) is 0 Å². The highest BCUT2D eigenvalue weighted by atomic mass is 14.4. The average Bonchev–Trinajstić information content (AvgIpc) is 2.90. The van der Waals surface area contributed by atoms with E-state index in [1.165, 1.54) is 44.5 Å². The zero-order valence-electron chi connectivity index (χ0n) is 16.6. The summed E-state index contributed by atoms with van der Waals surface area (Å²) in [6.07, 6.45) is 4.16. The van der Waals surface area contributed by atoms with Gasteiger partial charge >= 0.3 is 0 Å². The summed E-state index contributed by atoms with van der Waals surface area (Å²) in [6, 6.07) is 22.3. The highest BCUT2D eigenvalue weighted by molar-refractivity contribution is 5.92. The van der Waals surface area contributed by atoms with Crippen LogP contribution in [0.25, 0.3) is 27.8 Å². The normalized spacial score (nSPS) is 14.2. The van der Waals surface area contributed by atoms with Crippen LogP contribution in [-0.2, 0) is 5.41 Å². The molecule has 0 aromatic heterocycles. The minimum atomic E-state index is -0.0212. The Bertz CT molecular complexity index is 1080. The summed E-state index contributed by atoms with van der Waals surface area (Å²) in [5, 5.41) is 0. The van der Waals surface area contributed by atoms with Crippen LogP contribution in [0.5, 0.6) is 0 Å². The van der Waals surface area contributed by atoms with E-state index in [0.29, 0.717) is 0 Å². The molecule has 134 valence electrons. The topological polar surface area (TPSA) is 0 Å². The molecule has 0 aliphatic heterocycles. The third-order valence-corrected chi connectivity index (χ3v) is 5.76. The van der Waals surface area contributed by atoms with E-state index in [4.69, 9.17) is 0 Å². The molecular formula is C27H26. The van der Waals surface area contributed by atoms with E-state index < -0.39 is 0 Å². The van der Waals surface area contributed by atoms with Crippen LogP contribution >= 0.6 is 0 Å². The molecular weight excluding hydrogens is 324 g/mol. The average molecular weight is 351 g/mol. The van der Waals surface area contributed by atoms with Crippen LogP contribution in [0.15, 0.2) is 79.4 Å². The fourth-order valence-electron chi connectivity index (χ4n) is 4.52. The van der Waals surface area contributed by atoms with E-state index in [1.54, 1.807) is 0 Å². The van der Waals surface area contributed by atoms with Crippen LogP contribution in [0, 0.1) is 6.92 Å². The molecule has 0 heteroatoms. The second-order valence-corrected chi connectivity index (χ2v) is 7.97. The van der Waals surface area contributed by atoms with Crippen molar-refractivity contribution >= 4 is 5.57 Å². The van der Waals surface area contributed by atoms with Gasteiger partial charge in [0.05, 0.1) is 0 Å². The predicted molar refractivity (Wildman–Crippen MR) is 118 cm³/mol. The van der Waals surface area contributed by atoms with Gasteiger partial charge in [0.1, 0.15) is 0 Å². The van der Waals surface area contributed by atoms with Crippen molar-refractivity contribution in [1.29, 1.82) is 0 Å². The molecule has 3 aromatic rings. The molecule has 0 spiro atoms. The third kappa shape index (κ3) is 2.68. The van der Waals surface area contributed by atoms with Crippen molar-refractivity contribution in [2.24, 2.45) is 0 Å². The Balaban J connectivity index is 2.02. The van der Waals surface area contributed by atoms with E-state index in [0.717, 1.165) is 5.57 Å². The molecule has 0 amide bonds. The first kappa shape index (κ1) is 17.5. The quantitative estimate of drug-likeness (QED) is 0.428. The molecule has 0 saturated heterocycles. The molecule has 0 radical (unpaired) electrons. The van der Waals surface area contributed by atoms with Crippen molar-refractivity contribution in [2.45, 2.75) is 33.1 Å². The van der Waals surface area contributed by atoms with Crippen LogP contribution in [0.2, 0.25) is 0 Å². The number of fused-ring (bicyclic) bond motifs is 3. The molecule has 0 bridgehead atoms. The van der Waals surface area contributed by atoms with E-state index in [-0.39, 0.29) is 5.41 Å². The molecule has 0 saturated carbocycles. The molecule has 0 heterocycles. The van der Waals surface area contributed by atoms with Crippen molar-refractivity contribution in [2.75, 3.05) is 0 Å². The second-order valence-electron chi connectivity index (χ2n) is 7.97. The Kier molecular flexibility index (Phi) is 4.15. The zero-order chi connectivity index (χ0) is 19.2. The molecule has 4 rings (SSSR count). The Morgan fingerprint density at radius 1 is 0.852 bits per heavy atom. The monoisotopic (exact) mass is 350 g/mol. The smallest absolute Gasteiger partial charge is 0.0165 e. The molecule has 0 unspecified atom stereocenters. The molecule has 3 aromatic carbocycles. The molecule has 1 aliphatic rings. The Morgan fingerprint density at radius 2 is 1.52 bits per heavy atom. The van der Waals surface area contributed by atoms with E-state index in [2.05, 4.69) is 100 Å². The second kappa shape index (κ2) is 6.39. The summed E-state index contributed by atoms with van der Waals surface area (Å²) in [4.78, 5) is 0. The van der Waals surface area contributed by atoms with Crippen LogP contribution in [0.3, 0.4) is 0 Å². The van der Waals surface area contributed by atoms with Gasteiger partial charge in [-0.05, 0) is 58.4 Å². The largest absolute Gasteiger partial charge is 0.0911 e. The lowest BCUT2D eigenvalue weighted by molar-refractivity contribution is 0.662. The van der Waals surface area contributed by atoms with E-state index >= 15 is 0 Å². The van der Waals surface area contributed by atoms with Gasteiger partial charge in [0, 0.05) is 5.41 Å². The molecule has 0 N–H and O–H groups in total. The van der Waals surface area contributed by atoms with Gasteiger partial charge in [-0.2, -0.15) is 0 Å². The lowest BCUT2D eigenvalue weighted by atomic mass is 9.78. The highest BCUT2D eigenvalue weighted by Gasteiger charge is 2.37. The van der Waals surface area contributed by atoms with Gasteiger partial charge in [0.2, 0.25) is 0 Å². The van der Waals surface area contributed by atoms with E-state index in [9.17, 15) is 0 Å². The maximum absolute atomic E-state index is 4.32. The Morgan fingerprint density at radius 3 is 2.26 bits per heavy atom. The van der Waals surface area contributed by atoms with Gasteiger partial charge < -0.3 is 0 Å². The summed E-state index contributed by atoms with van der Waals surface area (Å²) < 4.78 is 0. The maximum Gasteiger partial charge on any atom is 0.0165 e. The standard InChI is InChI=1S/C27H26/c1-6-10-19(3)24-17-18(2)15-16-20(24)22-12-9-13-23-21-11-7-8-14-25(21)27(4,5)26(22)23/h6-17H,3H2,1-2,4-5H3/b10-6-. The van der Waals surface area contributed by atoms with Crippen molar-refractivity contribution in [3.63, 3.8) is 0 Å². The van der Waals surface area contributed by atoms with Crippen LogP contribution in [0.1, 0.15) is 43.0 Å². The first-order valence-corrected chi connectivity index (χ1v) is 9.61. The van der Waals surface area contributed by atoms with Gasteiger partial charge in [0.25, 0.3) is 0 Å². The fourth-order valence-corrected chi connectivity index (χ4v) is 4.52. The highest BCUT2D eigenvalue weighted by Crippen LogP contribution is 2.52. The minimum absolute atomic E-state index is 0.0212. The lowest BCUT2D eigenvalue weighted by Crippen LogP contribution is -2.16. The number of hydrogen-bond donors (Lipinski definition) is 0. The molecule has 1 aliphatic carbocycles. The van der Waals surface area contributed by atoms with E-state index in [1.807, 2.05) is 6.92 Å². The zero-order valence-corrected chi connectivity index (χ0v) is 16.6. The minimum Gasteiger partial charge on any atom is -0.0911 e. The number of benzene rings is 3. The van der Waals surface area contributed by atoms with Crippen molar-refractivity contribution in [3.8, 4) is 22.3 Å². The number of rotatable bonds is 3. The number of aryl methyl sites for hydroxylation is 1. The summed E-state index contributed by atoms with van der Waals surface area (Å²) in [5.74, 6) is 0. The fraction of sp³-hybridized carbons (Fsp3) is 0.185. The summed E-state index contributed by atoms with van der Waals surface area (Å²) >= 11 is 0. The van der Waals surface area contributed by atoms with Gasteiger partial charge in [-0.1, -0.05) is 98.8 Å². The van der Waals surface area contributed by atoms with Gasteiger partial charge in [-0.3, -0.25) is 0 Å². The van der Waals surface area contributed by atoms with Crippen molar-refractivity contribution in [3.05, 3.63) is 102 Å². The molecule has 0 nitrogen and oxygen atoms in total. The first-order chi connectivity index (χ1) is 12.9. The predicted octanol–water partition coefficient (Wildman–Crippen LogP) is 7.56. The summed E-state index contributed by atoms with van der Waals surface area (Å²) in [6.45, 7) is 13.2. The van der Waals surface area contributed by atoms with Crippen LogP contribution in [-0.4, -0.2) is 0 Å². The van der Waals surface area contributed by atoms with Gasteiger partial charge in [-0.25, -0.2) is 0 Å². The SMILES string of the molecule is C=C(/C=C\C)c1cc(C)ccc1-c1cccc2c1C(C)(C)c1ccccc1-2. The van der Waals surface area contributed by atoms with Gasteiger partial charge in [0.15, 0.2) is 0 Å². The lowest BCUT2D eigenvalue weighted by Gasteiger charge is -2.25.